The van der Waals surface area contributed by atoms with Gasteiger partial charge in [-0.1, -0.05) is 38.1 Å². The van der Waals surface area contributed by atoms with E-state index in [2.05, 4.69) is 11.8 Å². The standard InChI is InChI=1S/C26H33F2N5O3S/c1-5-31(3)26(10-6-7-16(2)13-26)32(4)33-14-19(23(35)24(36)21(33)15-34)25(30)37-22(29)11-17-8-9-18(27)12-20(17)28/h8-9,12,14-16,29-30,36H,5-7,10-11,13H2,1-4H3/t16-,26?/m0/s1. The summed E-state index contributed by atoms with van der Waals surface area (Å²) in [5.74, 6) is -1.90. The smallest absolute Gasteiger partial charge is 0.233 e. The third-order valence-electron chi connectivity index (χ3n) is 7.21. The van der Waals surface area contributed by atoms with Crippen LogP contribution < -0.4 is 10.4 Å². The second-order valence-electron chi connectivity index (χ2n) is 9.56. The van der Waals surface area contributed by atoms with E-state index in [1.165, 1.54) is 16.9 Å². The molecule has 1 aromatic heterocycles. The molecule has 0 radical (unpaired) electrons. The van der Waals surface area contributed by atoms with Gasteiger partial charge in [-0.15, -0.1) is 0 Å². The molecule has 1 aliphatic rings. The Morgan fingerprint density at radius 3 is 2.62 bits per heavy atom. The van der Waals surface area contributed by atoms with Crippen LogP contribution in [0.3, 0.4) is 0 Å². The average molecular weight is 534 g/mol. The zero-order valence-corrected chi connectivity index (χ0v) is 22.3. The maximum Gasteiger partial charge on any atom is 0.233 e. The molecule has 1 aromatic carbocycles. The molecule has 1 heterocycles. The molecular weight excluding hydrogens is 500 g/mol. The van der Waals surface area contributed by atoms with E-state index in [1.54, 1.807) is 7.05 Å². The molecule has 3 rings (SSSR count). The van der Waals surface area contributed by atoms with E-state index in [-0.39, 0.29) is 33.3 Å². The number of aldehydes is 1. The molecule has 2 atom stereocenters. The molecule has 0 aliphatic heterocycles. The van der Waals surface area contributed by atoms with Crippen molar-refractivity contribution in [1.82, 2.24) is 9.58 Å². The van der Waals surface area contributed by atoms with Crippen molar-refractivity contribution in [3.63, 3.8) is 0 Å². The van der Waals surface area contributed by atoms with Crippen LogP contribution >= 0.6 is 11.8 Å². The lowest BCUT2D eigenvalue weighted by Crippen LogP contribution is -2.64. The molecule has 2 aromatic rings. The summed E-state index contributed by atoms with van der Waals surface area (Å²) in [7, 11) is 3.78. The van der Waals surface area contributed by atoms with E-state index in [4.69, 9.17) is 10.8 Å². The summed E-state index contributed by atoms with van der Waals surface area (Å²) >= 11 is 0.628. The van der Waals surface area contributed by atoms with Crippen LogP contribution in [0.2, 0.25) is 0 Å². The Bertz CT molecular complexity index is 1270. The minimum absolute atomic E-state index is 0.0824. The summed E-state index contributed by atoms with van der Waals surface area (Å²) in [4.78, 5) is 27.1. The highest BCUT2D eigenvalue weighted by Crippen LogP contribution is 2.38. The number of rotatable bonds is 8. The number of aromatic hydroxyl groups is 1. The number of carbonyl (C=O) groups excluding carboxylic acids is 1. The van der Waals surface area contributed by atoms with Gasteiger partial charge >= 0.3 is 0 Å². The lowest BCUT2D eigenvalue weighted by atomic mass is 9.80. The predicted molar refractivity (Wildman–Crippen MR) is 143 cm³/mol. The molecule has 1 unspecified atom stereocenters. The number of hydrogen-bond donors (Lipinski definition) is 3. The zero-order valence-electron chi connectivity index (χ0n) is 21.5. The molecule has 0 bridgehead atoms. The van der Waals surface area contributed by atoms with Gasteiger partial charge in [0, 0.05) is 25.7 Å². The Labute approximate surface area is 219 Å². The first-order chi connectivity index (χ1) is 17.4. The van der Waals surface area contributed by atoms with Gasteiger partial charge in [0.15, 0.2) is 12.0 Å². The van der Waals surface area contributed by atoms with Gasteiger partial charge in [-0.05, 0) is 50.4 Å². The first-order valence-corrected chi connectivity index (χ1v) is 12.9. The maximum atomic E-state index is 14.0. The topological polar surface area (TPSA) is 113 Å². The average Bonchev–Trinajstić information content (AvgIpc) is 2.85. The Balaban J connectivity index is 1.99. The first-order valence-electron chi connectivity index (χ1n) is 12.1. The molecule has 11 heteroatoms. The maximum absolute atomic E-state index is 14.0. The molecule has 200 valence electrons. The monoisotopic (exact) mass is 533 g/mol. The number of benzene rings is 1. The van der Waals surface area contributed by atoms with Crippen molar-refractivity contribution in [2.75, 3.05) is 25.6 Å². The quantitative estimate of drug-likeness (QED) is 0.201. The minimum Gasteiger partial charge on any atom is -0.503 e. The SMILES string of the molecule is CCN(C)C1(N(C)n2cc(C(=N)SC(=N)Cc3ccc(F)cc3F)c(=O)c(O)c2C=O)CCC[C@H](C)C1. The second-order valence-corrected chi connectivity index (χ2v) is 10.7. The Morgan fingerprint density at radius 1 is 1.32 bits per heavy atom. The molecule has 0 amide bonds. The number of hydrogen-bond acceptors (Lipinski definition) is 8. The summed E-state index contributed by atoms with van der Waals surface area (Å²) in [5, 5.41) is 28.7. The fraction of sp³-hybridized carbons (Fsp3) is 0.462. The highest BCUT2D eigenvalue weighted by molar-refractivity contribution is 8.26. The zero-order chi connectivity index (χ0) is 27.5. The van der Waals surface area contributed by atoms with Crippen molar-refractivity contribution < 1.29 is 18.7 Å². The van der Waals surface area contributed by atoms with Crippen molar-refractivity contribution in [3.8, 4) is 5.75 Å². The summed E-state index contributed by atoms with van der Waals surface area (Å²) in [5.41, 5.74) is -1.73. The van der Waals surface area contributed by atoms with Gasteiger partial charge < -0.3 is 5.11 Å². The lowest BCUT2D eigenvalue weighted by molar-refractivity contribution is 0.0387. The minimum atomic E-state index is -0.903. The molecule has 37 heavy (non-hydrogen) atoms. The summed E-state index contributed by atoms with van der Waals surface area (Å²) in [6, 6.07) is 3.03. The van der Waals surface area contributed by atoms with Gasteiger partial charge in [-0.2, -0.15) is 0 Å². The van der Waals surface area contributed by atoms with Crippen molar-refractivity contribution in [3.05, 3.63) is 63.1 Å². The Kier molecular flexibility index (Phi) is 8.91. The van der Waals surface area contributed by atoms with Gasteiger partial charge in [0.25, 0.3) is 0 Å². The van der Waals surface area contributed by atoms with E-state index in [0.29, 0.717) is 24.0 Å². The van der Waals surface area contributed by atoms with E-state index >= 15 is 0 Å². The number of thioether (sulfide) groups is 1. The van der Waals surface area contributed by atoms with E-state index < -0.39 is 28.5 Å². The van der Waals surface area contributed by atoms with Crippen LogP contribution in [-0.4, -0.2) is 57.4 Å². The van der Waals surface area contributed by atoms with E-state index in [9.17, 15) is 23.5 Å². The normalized spacial score (nSPS) is 19.6. The largest absolute Gasteiger partial charge is 0.503 e. The molecule has 0 saturated heterocycles. The van der Waals surface area contributed by atoms with Crippen molar-refractivity contribution in [1.29, 1.82) is 10.8 Å². The number of aromatic nitrogens is 1. The third kappa shape index (κ3) is 5.77. The van der Waals surface area contributed by atoms with Crippen LogP contribution in [0.15, 0.2) is 29.2 Å². The van der Waals surface area contributed by atoms with Crippen LogP contribution in [0.5, 0.6) is 5.75 Å². The van der Waals surface area contributed by atoms with E-state index in [1.807, 2.05) is 19.0 Å². The molecule has 1 aliphatic carbocycles. The van der Waals surface area contributed by atoms with Crippen molar-refractivity contribution in [2.24, 2.45) is 5.92 Å². The van der Waals surface area contributed by atoms with Crippen LogP contribution in [0.25, 0.3) is 0 Å². The molecule has 8 nitrogen and oxygen atoms in total. The Hall–Kier alpha value is -3.05. The van der Waals surface area contributed by atoms with Gasteiger partial charge in [0.05, 0.1) is 10.6 Å². The number of nitrogens with zero attached hydrogens (tertiary/aromatic N) is 3. The fourth-order valence-corrected chi connectivity index (χ4v) is 5.78. The van der Waals surface area contributed by atoms with Crippen molar-refractivity contribution >= 4 is 28.1 Å². The molecule has 1 saturated carbocycles. The fourth-order valence-electron chi connectivity index (χ4n) is 5.05. The number of carbonyl (C=O) groups is 1. The third-order valence-corrected chi connectivity index (χ3v) is 8.02. The lowest BCUT2D eigenvalue weighted by Gasteiger charge is -2.53. The van der Waals surface area contributed by atoms with Crippen LogP contribution in [-0.2, 0) is 6.42 Å². The number of halogens is 2. The first kappa shape index (κ1) is 28.5. The van der Waals surface area contributed by atoms with Crippen LogP contribution in [0.1, 0.15) is 61.1 Å². The van der Waals surface area contributed by atoms with Gasteiger partial charge in [0.1, 0.15) is 28.0 Å². The number of nitrogens with one attached hydrogen (secondary N) is 2. The molecule has 3 N–H and O–H groups in total. The molecular formula is C26H33F2N5O3S. The van der Waals surface area contributed by atoms with Gasteiger partial charge in [-0.25, -0.2) is 8.78 Å². The number of pyridine rings is 1. The summed E-state index contributed by atoms with van der Waals surface area (Å²) < 4.78 is 28.6. The van der Waals surface area contributed by atoms with Crippen molar-refractivity contribution in [2.45, 2.75) is 51.6 Å². The molecule has 0 spiro atoms. The Morgan fingerprint density at radius 2 is 2.03 bits per heavy atom. The molecule has 1 fully saturated rings. The van der Waals surface area contributed by atoms with Crippen LogP contribution in [0, 0.1) is 28.4 Å². The highest BCUT2D eigenvalue weighted by atomic mass is 32.2. The highest BCUT2D eigenvalue weighted by Gasteiger charge is 2.43. The van der Waals surface area contributed by atoms with E-state index in [0.717, 1.165) is 44.4 Å². The summed E-state index contributed by atoms with van der Waals surface area (Å²) in [6.45, 7) is 4.93. The predicted octanol–water partition coefficient (Wildman–Crippen LogP) is 4.35. The summed E-state index contributed by atoms with van der Waals surface area (Å²) in [6.07, 6.45) is 5.21. The van der Waals surface area contributed by atoms with Crippen LogP contribution in [0.4, 0.5) is 8.78 Å². The van der Waals surface area contributed by atoms with Gasteiger partial charge in [0.2, 0.25) is 5.43 Å². The second kappa shape index (κ2) is 11.6. The van der Waals surface area contributed by atoms with Gasteiger partial charge in [-0.3, -0.25) is 35.0 Å².